The molecule has 1 heterocycles. The van der Waals surface area contributed by atoms with Gasteiger partial charge in [-0.15, -0.1) is 0 Å². The van der Waals surface area contributed by atoms with Crippen molar-refractivity contribution in [3.63, 3.8) is 0 Å². The highest BCUT2D eigenvalue weighted by molar-refractivity contribution is 6.07. The highest BCUT2D eigenvalue weighted by Gasteiger charge is 2.43. The van der Waals surface area contributed by atoms with Gasteiger partial charge >= 0.3 is 0 Å². The van der Waals surface area contributed by atoms with Gasteiger partial charge in [0.05, 0.1) is 5.41 Å². The van der Waals surface area contributed by atoms with Gasteiger partial charge in [-0.1, -0.05) is 18.2 Å². The summed E-state index contributed by atoms with van der Waals surface area (Å²) >= 11 is 0. The van der Waals surface area contributed by atoms with Gasteiger partial charge in [0.15, 0.2) is 0 Å². The molecule has 2 amide bonds. The number of hydrogen-bond donors (Lipinski definition) is 1. The number of carbonyl (C=O) groups is 2. The van der Waals surface area contributed by atoms with Gasteiger partial charge < -0.3 is 10.6 Å². The Bertz CT molecular complexity index is 480. The highest BCUT2D eigenvalue weighted by atomic mass is 16.2. The second kappa shape index (κ2) is 3.87. The van der Waals surface area contributed by atoms with Gasteiger partial charge in [0.2, 0.25) is 11.8 Å². The summed E-state index contributed by atoms with van der Waals surface area (Å²) in [5.41, 5.74) is 6.51. The lowest BCUT2D eigenvalue weighted by Gasteiger charge is -2.19. The predicted molar refractivity (Wildman–Crippen MR) is 65.6 cm³/mol. The molecule has 4 nitrogen and oxygen atoms in total. The Morgan fingerprint density at radius 3 is 2.65 bits per heavy atom. The minimum atomic E-state index is -0.520. The van der Waals surface area contributed by atoms with E-state index < -0.39 is 5.41 Å². The van der Waals surface area contributed by atoms with E-state index in [9.17, 15) is 9.59 Å². The lowest BCUT2D eigenvalue weighted by Crippen LogP contribution is -2.37. The van der Waals surface area contributed by atoms with E-state index in [-0.39, 0.29) is 18.2 Å². The molecule has 0 spiro atoms. The van der Waals surface area contributed by atoms with E-state index in [0.717, 1.165) is 11.3 Å². The van der Waals surface area contributed by atoms with E-state index in [4.69, 9.17) is 5.73 Å². The van der Waals surface area contributed by atoms with Gasteiger partial charge in [-0.2, -0.15) is 0 Å². The summed E-state index contributed by atoms with van der Waals surface area (Å²) in [6, 6.07) is 7.68. The number of primary amides is 1. The molecule has 2 N–H and O–H groups in total. The monoisotopic (exact) mass is 232 g/mol. The van der Waals surface area contributed by atoms with Crippen molar-refractivity contribution in [3.8, 4) is 0 Å². The van der Waals surface area contributed by atoms with Crippen LogP contribution in [0.4, 0.5) is 5.69 Å². The van der Waals surface area contributed by atoms with E-state index in [2.05, 4.69) is 0 Å². The van der Waals surface area contributed by atoms with Crippen molar-refractivity contribution in [2.75, 3.05) is 11.4 Å². The van der Waals surface area contributed by atoms with Crippen LogP contribution < -0.4 is 10.6 Å². The summed E-state index contributed by atoms with van der Waals surface area (Å²) < 4.78 is 0. The zero-order chi connectivity index (χ0) is 12.6. The van der Waals surface area contributed by atoms with Crippen LogP contribution in [0.25, 0.3) is 0 Å². The van der Waals surface area contributed by atoms with Crippen LogP contribution in [0.5, 0.6) is 0 Å². The van der Waals surface area contributed by atoms with Gasteiger partial charge in [-0.05, 0) is 25.5 Å². The van der Waals surface area contributed by atoms with Crippen LogP contribution in [0.1, 0.15) is 25.8 Å². The first-order valence-corrected chi connectivity index (χ1v) is 5.64. The average Bonchev–Trinajstić information content (AvgIpc) is 2.47. The molecule has 1 aliphatic heterocycles. The van der Waals surface area contributed by atoms with Crippen LogP contribution >= 0.6 is 0 Å². The minimum Gasteiger partial charge on any atom is -0.370 e. The van der Waals surface area contributed by atoms with E-state index in [1.807, 2.05) is 38.1 Å². The molecule has 0 saturated heterocycles. The van der Waals surface area contributed by atoms with Crippen molar-refractivity contribution in [1.82, 2.24) is 0 Å². The van der Waals surface area contributed by atoms with Crippen molar-refractivity contribution in [2.24, 2.45) is 5.73 Å². The molecule has 1 aromatic carbocycles. The first-order chi connectivity index (χ1) is 7.94. The number of anilines is 1. The number of amides is 2. The van der Waals surface area contributed by atoms with Crippen molar-refractivity contribution in [2.45, 2.75) is 25.7 Å². The first kappa shape index (κ1) is 11.6. The smallest absolute Gasteiger partial charge is 0.237 e. The van der Waals surface area contributed by atoms with Crippen LogP contribution in [0.2, 0.25) is 0 Å². The molecule has 0 aliphatic carbocycles. The third kappa shape index (κ3) is 1.79. The zero-order valence-electron chi connectivity index (χ0n) is 10.1. The van der Waals surface area contributed by atoms with Crippen molar-refractivity contribution < 1.29 is 9.59 Å². The molecule has 17 heavy (non-hydrogen) atoms. The maximum Gasteiger partial charge on any atom is 0.237 e. The van der Waals surface area contributed by atoms with Gasteiger partial charge in [-0.3, -0.25) is 9.59 Å². The fraction of sp³-hybridized carbons (Fsp3) is 0.385. The van der Waals surface area contributed by atoms with Gasteiger partial charge in [0.1, 0.15) is 0 Å². The number of nitrogens with two attached hydrogens (primary N) is 1. The Morgan fingerprint density at radius 2 is 2.00 bits per heavy atom. The van der Waals surface area contributed by atoms with E-state index in [1.54, 1.807) is 4.90 Å². The van der Waals surface area contributed by atoms with Gasteiger partial charge in [0.25, 0.3) is 0 Å². The van der Waals surface area contributed by atoms with Crippen LogP contribution in [0.15, 0.2) is 24.3 Å². The molecular formula is C13H16N2O2. The summed E-state index contributed by atoms with van der Waals surface area (Å²) in [5.74, 6) is -0.361. The Hall–Kier alpha value is -1.84. The predicted octanol–water partition coefficient (Wildman–Crippen LogP) is 1.19. The van der Waals surface area contributed by atoms with Gasteiger partial charge in [-0.25, -0.2) is 0 Å². The maximum absolute atomic E-state index is 12.3. The molecule has 2 rings (SSSR count). The second-order valence-corrected chi connectivity index (χ2v) is 4.82. The topological polar surface area (TPSA) is 63.4 Å². The van der Waals surface area contributed by atoms with Crippen molar-refractivity contribution in [1.29, 1.82) is 0 Å². The molecule has 0 unspecified atom stereocenters. The molecule has 0 aromatic heterocycles. The van der Waals surface area contributed by atoms with E-state index >= 15 is 0 Å². The molecule has 0 saturated carbocycles. The van der Waals surface area contributed by atoms with Crippen molar-refractivity contribution in [3.05, 3.63) is 29.8 Å². The van der Waals surface area contributed by atoms with Crippen LogP contribution in [-0.2, 0) is 15.0 Å². The minimum absolute atomic E-state index is 0.0277. The summed E-state index contributed by atoms with van der Waals surface area (Å²) in [5, 5.41) is 0. The number of rotatable bonds is 3. The number of hydrogen-bond acceptors (Lipinski definition) is 2. The summed E-state index contributed by atoms with van der Waals surface area (Å²) in [7, 11) is 0. The third-order valence-electron chi connectivity index (χ3n) is 3.23. The Kier molecular flexibility index (Phi) is 2.65. The zero-order valence-corrected chi connectivity index (χ0v) is 10.1. The largest absolute Gasteiger partial charge is 0.370 e. The third-order valence-corrected chi connectivity index (χ3v) is 3.23. The molecule has 1 aliphatic rings. The SMILES string of the molecule is CC1(C)C(=O)N(CCC(N)=O)c2ccccc21. The van der Waals surface area contributed by atoms with E-state index in [0.29, 0.717) is 6.54 Å². The number of benzene rings is 1. The maximum atomic E-state index is 12.3. The molecular weight excluding hydrogens is 216 g/mol. The second-order valence-electron chi connectivity index (χ2n) is 4.82. The lowest BCUT2D eigenvalue weighted by molar-refractivity contribution is -0.122. The molecule has 0 radical (unpaired) electrons. The average molecular weight is 232 g/mol. The fourth-order valence-electron chi connectivity index (χ4n) is 2.24. The normalized spacial score (nSPS) is 17.1. The molecule has 1 aromatic rings. The molecule has 0 bridgehead atoms. The molecule has 0 fully saturated rings. The number of para-hydroxylation sites is 1. The number of carbonyl (C=O) groups excluding carboxylic acids is 2. The van der Waals surface area contributed by atoms with Crippen LogP contribution in [0.3, 0.4) is 0 Å². The molecule has 90 valence electrons. The number of fused-ring (bicyclic) bond motifs is 1. The summed E-state index contributed by atoms with van der Waals surface area (Å²) in [4.78, 5) is 24.7. The Labute approximate surface area is 100 Å². The molecule has 0 atom stereocenters. The number of nitrogens with zero attached hydrogens (tertiary/aromatic N) is 1. The Balaban J connectivity index is 2.36. The highest BCUT2D eigenvalue weighted by Crippen LogP contribution is 2.41. The van der Waals surface area contributed by atoms with Crippen LogP contribution in [-0.4, -0.2) is 18.4 Å². The lowest BCUT2D eigenvalue weighted by atomic mass is 9.86. The van der Waals surface area contributed by atoms with Crippen molar-refractivity contribution >= 4 is 17.5 Å². The first-order valence-electron chi connectivity index (χ1n) is 5.64. The summed E-state index contributed by atoms with van der Waals surface area (Å²) in [6.45, 7) is 4.16. The van der Waals surface area contributed by atoms with Gasteiger partial charge in [0, 0.05) is 18.7 Å². The van der Waals surface area contributed by atoms with Crippen LogP contribution in [0, 0.1) is 0 Å². The quantitative estimate of drug-likeness (QED) is 0.850. The fourth-order valence-corrected chi connectivity index (χ4v) is 2.24. The van der Waals surface area contributed by atoms with E-state index in [1.165, 1.54) is 0 Å². The summed E-state index contributed by atoms with van der Waals surface area (Å²) in [6.07, 6.45) is 0.191. The Morgan fingerprint density at radius 1 is 1.35 bits per heavy atom. The molecule has 4 heteroatoms. The standard InChI is InChI=1S/C13H16N2O2/c1-13(2)9-5-3-4-6-10(9)15(12(13)17)8-7-11(14)16/h3-6H,7-8H2,1-2H3,(H2,14,16).